The average Bonchev–Trinajstić information content (AvgIpc) is 2.35. The maximum atomic E-state index is 11.8. The van der Waals surface area contributed by atoms with Crippen molar-refractivity contribution in [1.29, 1.82) is 0 Å². The maximum absolute atomic E-state index is 11.8. The third-order valence-electron chi connectivity index (χ3n) is 3.47. The van der Waals surface area contributed by atoms with Gasteiger partial charge in [0.05, 0.1) is 5.92 Å². The number of fused-ring (bicyclic) bond motifs is 1. The van der Waals surface area contributed by atoms with E-state index in [1.165, 1.54) is 25.3 Å². The zero-order chi connectivity index (χ0) is 13.0. The lowest BCUT2D eigenvalue weighted by atomic mass is 9.91. The van der Waals surface area contributed by atoms with E-state index < -0.39 is 0 Å². The van der Waals surface area contributed by atoms with Crippen LogP contribution in [0.2, 0.25) is 0 Å². The van der Waals surface area contributed by atoms with Crippen molar-refractivity contribution in [2.75, 3.05) is 0 Å². The highest BCUT2D eigenvalue weighted by molar-refractivity contribution is 5.78. The predicted molar refractivity (Wildman–Crippen MR) is 69.7 cm³/mol. The summed E-state index contributed by atoms with van der Waals surface area (Å²) < 4.78 is 5.28. The number of hydrogen-bond acceptors (Lipinski definition) is 3. The van der Waals surface area contributed by atoms with Crippen molar-refractivity contribution in [2.24, 2.45) is 5.92 Å². The number of carbonyl (C=O) groups is 1. The largest absolute Gasteiger partial charge is 0.508 e. The molecular formula is C15H20O3. The first-order chi connectivity index (χ1) is 8.70. The fourth-order valence-corrected chi connectivity index (χ4v) is 2.38. The molecule has 1 N–H and O–H groups in total. The van der Waals surface area contributed by atoms with Crippen LogP contribution in [0.15, 0.2) is 18.2 Å². The van der Waals surface area contributed by atoms with E-state index in [1.807, 2.05) is 6.07 Å². The van der Waals surface area contributed by atoms with Gasteiger partial charge < -0.3 is 9.84 Å². The van der Waals surface area contributed by atoms with Crippen LogP contribution in [0.5, 0.6) is 11.5 Å². The van der Waals surface area contributed by atoms with Gasteiger partial charge in [-0.05, 0) is 24.5 Å². The lowest BCUT2D eigenvalue weighted by molar-refractivity contribution is -0.140. The third kappa shape index (κ3) is 3.03. The lowest BCUT2D eigenvalue weighted by Crippen LogP contribution is -2.27. The number of rotatable bonds is 5. The number of hydrogen-bond donors (Lipinski definition) is 1. The second-order valence-electron chi connectivity index (χ2n) is 4.96. The Bertz CT molecular complexity index is 426. The van der Waals surface area contributed by atoms with Crippen molar-refractivity contribution in [3.63, 3.8) is 0 Å². The minimum absolute atomic E-state index is 0.0149. The topological polar surface area (TPSA) is 46.5 Å². The zero-order valence-corrected chi connectivity index (χ0v) is 10.8. The Kier molecular flexibility index (Phi) is 4.24. The summed E-state index contributed by atoms with van der Waals surface area (Å²) in [4.78, 5) is 11.8. The van der Waals surface area contributed by atoms with Crippen LogP contribution < -0.4 is 4.74 Å². The summed E-state index contributed by atoms with van der Waals surface area (Å²) >= 11 is 0. The Morgan fingerprint density at radius 2 is 2.17 bits per heavy atom. The van der Waals surface area contributed by atoms with E-state index >= 15 is 0 Å². The molecule has 3 heteroatoms. The van der Waals surface area contributed by atoms with E-state index in [2.05, 4.69) is 6.92 Å². The maximum Gasteiger partial charge on any atom is 0.314 e. The molecule has 2 rings (SSSR count). The number of carbonyl (C=O) groups excluding carboxylic acids is 1. The number of ether oxygens (including phenoxy) is 1. The second-order valence-corrected chi connectivity index (χ2v) is 4.96. The molecule has 1 heterocycles. The van der Waals surface area contributed by atoms with Gasteiger partial charge in [0.2, 0.25) is 0 Å². The molecule has 18 heavy (non-hydrogen) atoms. The van der Waals surface area contributed by atoms with Crippen LogP contribution in [-0.4, -0.2) is 11.1 Å². The first kappa shape index (κ1) is 12.9. The lowest BCUT2D eigenvalue weighted by Gasteiger charge is -2.23. The molecule has 1 unspecified atom stereocenters. The smallest absolute Gasteiger partial charge is 0.314 e. The van der Waals surface area contributed by atoms with Crippen LogP contribution in [0.3, 0.4) is 0 Å². The zero-order valence-electron chi connectivity index (χ0n) is 10.8. The van der Waals surface area contributed by atoms with Gasteiger partial charge in [0.25, 0.3) is 0 Å². The minimum atomic E-state index is -0.149. The van der Waals surface area contributed by atoms with Crippen molar-refractivity contribution in [3.8, 4) is 11.5 Å². The van der Waals surface area contributed by atoms with Gasteiger partial charge in [0, 0.05) is 6.07 Å². The molecule has 1 aromatic rings. The highest BCUT2D eigenvalue weighted by atomic mass is 16.5. The van der Waals surface area contributed by atoms with Gasteiger partial charge in [-0.15, -0.1) is 0 Å². The molecule has 0 radical (unpaired) electrons. The summed E-state index contributed by atoms with van der Waals surface area (Å²) in [5, 5.41) is 9.35. The summed E-state index contributed by atoms with van der Waals surface area (Å²) in [6.45, 7) is 2.18. The van der Waals surface area contributed by atoms with Crippen LogP contribution in [0.1, 0.15) is 44.6 Å². The number of benzene rings is 1. The molecule has 98 valence electrons. The van der Waals surface area contributed by atoms with E-state index in [9.17, 15) is 9.90 Å². The van der Waals surface area contributed by atoms with Crippen molar-refractivity contribution < 1.29 is 14.6 Å². The number of unbranched alkanes of at least 4 members (excludes halogenated alkanes) is 3. The van der Waals surface area contributed by atoms with Gasteiger partial charge in [-0.3, -0.25) is 4.79 Å². The first-order valence-corrected chi connectivity index (χ1v) is 6.74. The Morgan fingerprint density at radius 1 is 1.33 bits per heavy atom. The molecule has 0 saturated heterocycles. The van der Waals surface area contributed by atoms with Crippen molar-refractivity contribution >= 4 is 5.97 Å². The first-order valence-electron chi connectivity index (χ1n) is 6.74. The molecule has 0 saturated carbocycles. The van der Waals surface area contributed by atoms with E-state index in [0.717, 1.165) is 24.8 Å². The third-order valence-corrected chi connectivity index (χ3v) is 3.47. The van der Waals surface area contributed by atoms with Gasteiger partial charge in [-0.1, -0.05) is 38.7 Å². The predicted octanol–water partition coefficient (Wildman–Crippen LogP) is 3.44. The van der Waals surface area contributed by atoms with E-state index in [1.54, 1.807) is 6.07 Å². The van der Waals surface area contributed by atoms with Gasteiger partial charge in [0.15, 0.2) is 0 Å². The molecule has 1 aromatic carbocycles. The molecule has 0 spiro atoms. The highest BCUT2D eigenvalue weighted by Gasteiger charge is 2.27. The van der Waals surface area contributed by atoms with Gasteiger partial charge >= 0.3 is 5.97 Å². The average molecular weight is 248 g/mol. The summed E-state index contributed by atoms with van der Waals surface area (Å²) in [5.74, 6) is 0.497. The molecular weight excluding hydrogens is 228 g/mol. The minimum Gasteiger partial charge on any atom is -0.508 e. The molecule has 0 bridgehead atoms. The number of phenols is 1. The van der Waals surface area contributed by atoms with Crippen LogP contribution in [-0.2, 0) is 11.2 Å². The molecule has 1 atom stereocenters. The Morgan fingerprint density at radius 3 is 2.94 bits per heavy atom. The van der Waals surface area contributed by atoms with Gasteiger partial charge in [-0.25, -0.2) is 0 Å². The molecule has 0 amide bonds. The van der Waals surface area contributed by atoms with E-state index in [4.69, 9.17) is 4.74 Å². The fraction of sp³-hybridized carbons (Fsp3) is 0.533. The van der Waals surface area contributed by atoms with Gasteiger partial charge in [-0.2, -0.15) is 0 Å². The Hall–Kier alpha value is -1.51. The van der Waals surface area contributed by atoms with Crippen LogP contribution >= 0.6 is 0 Å². The van der Waals surface area contributed by atoms with Gasteiger partial charge in [0.1, 0.15) is 11.5 Å². The molecule has 0 aliphatic carbocycles. The molecule has 0 aromatic heterocycles. The normalized spacial score (nSPS) is 18.3. The molecule has 1 aliphatic rings. The SMILES string of the molecule is CCCCCCC1Cc2ccc(O)cc2OC1=O. The summed E-state index contributed by atoms with van der Waals surface area (Å²) in [6.07, 6.45) is 6.34. The highest BCUT2D eigenvalue weighted by Crippen LogP contribution is 2.32. The second kappa shape index (κ2) is 5.89. The van der Waals surface area contributed by atoms with Crippen molar-refractivity contribution in [2.45, 2.75) is 45.4 Å². The standard InChI is InChI=1S/C15H20O3/c1-2-3-4-5-6-12-9-11-7-8-13(16)10-14(11)18-15(12)17/h7-8,10,12,16H,2-6,9H2,1H3. The number of aromatic hydroxyl groups is 1. The molecule has 3 nitrogen and oxygen atoms in total. The van der Waals surface area contributed by atoms with E-state index in [0.29, 0.717) is 5.75 Å². The number of phenolic OH excluding ortho intramolecular Hbond substituents is 1. The molecule has 0 fully saturated rings. The van der Waals surface area contributed by atoms with Crippen molar-refractivity contribution in [1.82, 2.24) is 0 Å². The molecule has 1 aliphatic heterocycles. The van der Waals surface area contributed by atoms with E-state index in [-0.39, 0.29) is 17.6 Å². The van der Waals surface area contributed by atoms with Crippen LogP contribution in [0, 0.1) is 5.92 Å². The Balaban J connectivity index is 1.95. The summed E-state index contributed by atoms with van der Waals surface area (Å²) in [5.41, 5.74) is 1.02. The summed E-state index contributed by atoms with van der Waals surface area (Å²) in [6, 6.07) is 5.00. The van der Waals surface area contributed by atoms with Crippen LogP contribution in [0.25, 0.3) is 0 Å². The summed E-state index contributed by atoms with van der Waals surface area (Å²) in [7, 11) is 0. The Labute approximate surface area is 108 Å². The monoisotopic (exact) mass is 248 g/mol. The number of esters is 1. The fourth-order valence-electron chi connectivity index (χ4n) is 2.38. The van der Waals surface area contributed by atoms with Crippen LogP contribution in [0.4, 0.5) is 0 Å². The quantitative estimate of drug-likeness (QED) is 0.493. The van der Waals surface area contributed by atoms with Crippen molar-refractivity contribution in [3.05, 3.63) is 23.8 Å².